The summed E-state index contributed by atoms with van der Waals surface area (Å²) in [6, 6.07) is 12.9. The van der Waals surface area contributed by atoms with E-state index in [0.717, 1.165) is 20.7 Å². The summed E-state index contributed by atoms with van der Waals surface area (Å²) < 4.78 is 12.6. The van der Waals surface area contributed by atoms with Crippen molar-refractivity contribution in [2.24, 2.45) is 0 Å². The molecule has 1 aliphatic rings. The van der Waals surface area contributed by atoms with Crippen LogP contribution in [0.1, 0.15) is 5.56 Å². The molecule has 0 radical (unpaired) electrons. The number of hydrogen-bond donors (Lipinski definition) is 0. The first-order valence-electron chi connectivity index (χ1n) is 7.96. The first kappa shape index (κ1) is 20.0. The molecule has 140 valence electrons. The van der Waals surface area contributed by atoms with E-state index in [1.54, 1.807) is 13.2 Å². The normalized spacial score (nSPS) is 15.5. The summed E-state index contributed by atoms with van der Waals surface area (Å²) in [4.78, 5) is 26.4. The first-order valence-corrected chi connectivity index (χ1v) is 10.4. The van der Waals surface area contributed by atoms with Gasteiger partial charge in [0, 0.05) is 10.0 Å². The first-order chi connectivity index (χ1) is 13.0. The number of carbonyl (C=O) groups is 2. The van der Waals surface area contributed by atoms with Crippen molar-refractivity contribution < 1.29 is 19.1 Å². The number of halogens is 2. The minimum atomic E-state index is -0.334. The number of imide groups is 1. The zero-order valence-electron chi connectivity index (χ0n) is 14.3. The smallest absolute Gasteiger partial charge is 0.293 e. The van der Waals surface area contributed by atoms with Crippen LogP contribution in [0.15, 0.2) is 56.3 Å². The van der Waals surface area contributed by atoms with Crippen LogP contribution in [0.25, 0.3) is 6.08 Å². The Bertz CT molecular complexity index is 902. The zero-order valence-corrected chi connectivity index (χ0v) is 18.3. The van der Waals surface area contributed by atoms with Crippen LogP contribution >= 0.6 is 43.6 Å². The molecule has 1 saturated heterocycles. The molecule has 1 aliphatic heterocycles. The highest BCUT2D eigenvalue weighted by Crippen LogP contribution is 2.38. The van der Waals surface area contributed by atoms with Crippen molar-refractivity contribution in [2.75, 3.05) is 20.3 Å². The predicted molar refractivity (Wildman–Crippen MR) is 113 cm³/mol. The molecule has 2 aromatic carbocycles. The van der Waals surface area contributed by atoms with Gasteiger partial charge in [-0.2, -0.15) is 0 Å². The van der Waals surface area contributed by atoms with Crippen molar-refractivity contribution >= 4 is 60.8 Å². The average molecular weight is 513 g/mol. The number of amides is 2. The molecule has 0 aliphatic carbocycles. The molecule has 2 amide bonds. The largest absolute Gasteiger partial charge is 0.495 e. The van der Waals surface area contributed by atoms with Gasteiger partial charge in [-0.1, -0.05) is 34.1 Å². The second-order valence-electron chi connectivity index (χ2n) is 5.50. The summed E-state index contributed by atoms with van der Waals surface area (Å²) in [5.41, 5.74) is 0.699. The minimum absolute atomic E-state index is 0.191. The summed E-state index contributed by atoms with van der Waals surface area (Å²) in [6.45, 7) is 0.428. The lowest BCUT2D eigenvalue weighted by atomic mass is 10.2. The van der Waals surface area contributed by atoms with Crippen molar-refractivity contribution in [3.63, 3.8) is 0 Å². The standard InChI is InChI=1S/C19H15Br2NO4S/c1-25-17-12(9-13(20)11-15(17)21)10-16-18(23)22(19(24)27-16)7-8-26-14-5-3-2-4-6-14/h2-6,9-11H,7-8H2,1H3/b16-10-. The molecule has 0 bridgehead atoms. The summed E-state index contributed by atoms with van der Waals surface area (Å²) in [5, 5.41) is -0.309. The molecule has 0 atom stereocenters. The number of para-hydroxylation sites is 1. The minimum Gasteiger partial charge on any atom is -0.495 e. The molecule has 0 spiro atoms. The lowest BCUT2D eigenvalue weighted by Crippen LogP contribution is -2.32. The monoisotopic (exact) mass is 511 g/mol. The number of carbonyl (C=O) groups excluding carboxylic acids is 2. The van der Waals surface area contributed by atoms with Gasteiger partial charge in [0.05, 0.1) is 23.0 Å². The van der Waals surface area contributed by atoms with Gasteiger partial charge >= 0.3 is 0 Å². The maximum absolute atomic E-state index is 12.6. The predicted octanol–water partition coefficient (Wildman–Crippen LogP) is 5.34. The topological polar surface area (TPSA) is 55.8 Å². The summed E-state index contributed by atoms with van der Waals surface area (Å²) in [7, 11) is 1.55. The van der Waals surface area contributed by atoms with Crippen LogP contribution in [0.2, 0.25) is 0 Å². The third-order valence-corrected chi connectivity index (χ3v) is 5.68. The van der Waals surface area contributed by atoms with Gasteiger partial charge in [0.25, 0.3) is 11.1 Å². The third-order valence-electron chi connectivity index (χ3n) is 3.73. The van der Waals surface area contributed by atoms with Crippen LogP contribution < -0.4 is 9.47 Å². The fraction of sp³-hybridized carbons (Fsp3) is 0.158. The maximum Gasteiger partial charge on any atom is 0.293 e. The van der Waals surface area contributed by atoms with Crippen LogP contribution in [0, 0.1) is 0 Å². The number of ether oxygens (including phenoxy) is 2. The van der Waals surface area contributed by atoms with Gasteiger partial charge in [-0.3, -0.25) is 14.5 Å². The Morgan fingerprint density at radius 2 is 1.89 bits per heavy atom. The molecule has 8 heteroatoms. The van der Waals surface area contributed by atoms with Gasteiger partial charge in [0.1, 0.15) is 18.1 Å². The van der Waals surface area contributed by atoms with Gasteiger partial charge in [0.15, 0.2) is 0 Å². The highest BCUT2D eigenvalue weighted by molar-refractivity contribution is 9.11. The third kappa shape index (κ3) is 4.75. The maximum atomic E-state index is 12.6. The van der Waals surface area contributed by atoms with E-state index in [-0.39, 0.29) is 24.3 Å². The second-order valence-corrected chi connectivity index (χ2v) is 8.27. The van der Waals surface area contributed by atoms with E-state index in [1.807, 2.05) is 42.5 Å². The van der Waals surface area contributed by atoms with Crippen LogP contribution in [-0.2, 0) is 4.79 Å². The Hall–Kier alpha value is -1.77. The van der Waals surface area contributed by atoms with E-state index in [2.05, 4.69) is 31.9 Å². The molecular formula is C19H15Br2NO4S. The lowest BCUT2D eigenvalue weighted by molar-refractivity contribution is -0.123. The van der Waals surface area contributed by atoms with Crippen LogP contribution in [-0.4, -0.2) is 36.3 Å². The van der Waals surface area contributed by atoms with E-state index in [0.29, 0.717) is 22.0 Å². The van der Waals surface area contributed by atoms with Crippen LogP contribution in [0.4, 0.5) is 4.79 Å². The van der Waals surface area contributed by atoms with Crippen molar-refractivity contribution in [1.29, 1.82) is 0 Å². The Morgan fingerprint density at radius 3 is 2.59 bits per heavy atom. The molecule has 1 heterocycles. The molecular weight excluding hydrogens is 498 g/mol. The van der Waals surface area contributed by atoms with Crippen molar-refractivity contribution in [1.82, 2.24) is 4.90 Å². The molecule has 1 fully saturated rings. The molecule has 2 aromatic rings. The van der Waals surface area contributed by atoms with Crippen molar-refractivity contribution in [2.45, 2.75) is 0 Å². The number of thioether (sulfide) groups is 1. The SMILES string of the molecule is COc1c(Br)cc(Br)cc1/C=C1\SC(=O)N(CCOc2ccccc2)C1=O. The quantitative estimate of drug-likeness (QED) is 0.489. The van der Waals surface area contributed by atoms with E-state index in [4.69, 9.17) is 9.47 Å². The number of nitrogens with zero attached hydrogens (tertiary/aromatic N) is 1. The molecule has 0 N–H and O–H groups in total. The number of methoxy groups -OCH3 is 1. The highest BCUT2D eigenvalue weighted by atomic mass is 79.9. The Balaban J connectivity index is 1.73. The van der Waals surface area contributed by atoms with Crippen molar-refractivity contribution in [3.05, 3.63) is 61.9 Å². The number of benzene rings is 2. The fourth-order valence-electron chi connectivity index (χ4n) is 2.51. The van der Waals surface area contributed by atoms with Gasteiger partial charge in [-0.25, -0.2) is 0 Å². The average Bonchev–Trinajstić information content (AvgIpc) is 2.90. The number of rotatable bonds is 6. The molecule has 0 unspecified atom stereocenters. The fourth-order valence-corrected chi connectivity index (χ4v) is 4.78. The van der Waals surface area contributed by atoms with Gasteiger partial charge in [-0.15, -0.1) is 0 Å². The molecule has 0 saturated carbocycles. The van der Waals surface area contributed by atoms with Gasteiger partial charge in [-0.05, 0) is 58.0 Å². The summed E-state index contributed by atoms with van der Waals surface area (Å²) in [5.74, 6) is 0.959. The van der Waals surface area contributed by atoms with Gasteiger partial charge in [0.2, 0.25) is 0 Å². The molecule has 0 aromatic heterocycles. The Kier molecular flexibility index (Phi) is 6.62. The number of hydrogen-bond acceptors (Lipinski definition) is 5. The van der Waals surface area contributed by atoms with E-state index in [1.165, 1.54) is 4.90 Å². The molecule has 27 heavy (non-hydrogen) atoms. The van der Waals surface area contributed by atoms with Crippen molar-refractivity contribution in [3.8, 4) is 11.5 Å². The Morgan fingerprint density at radius 1 is 1.15 bits per heavy atom. The van der Waals surface area contributed by atoms with E-state index >= 15 is 0 Å². The Labute approximate surface area is 178 Å². The van der Waals surface area contributed by atoms with Crippen LogP contribution in [0.5, 0.6) is 11.5 Å². The lowest BCUT2D eigenvalue weighted by Gasteiger charge is -2.13. The van der Waals surface area contributed by atoms with Gasteiger partial charge < -0.3 is 9.47 Å². The molecule has 3 rings (SSSR count). The summed E-state index contributed by atoms with van der Waals surface area (Å²) in [6.07, 6.45) is 1.66. The second kappa shape index (κ2) is 8.95. The van der Waals surface area contributed by atoms with E-state index in [9.17, 15) is 9.59 Å². The molecule has 5 nitrogen and oxygen atoms in total. The van der Waals surface area contributed by atoms with E-state index < -0.39 is 0 Å². The highest BCUT2D eigenvalue weighted by Gasteiger charge is 2.35. The summed E-state index contributed by atoms with van der Waals surface area (Å²) >= 11 is 7.76. The zero-order chi connectivity index (χ0) is 19.4. The van der Waals surface area contributed by atoms with Crippen LogP contribution in [0.3, 0.4) is 0 Å².